The van der Waals surface area contributed by atoms with E-state index < -0.39 is 0 Å². The number of aromatic nitrogens is 4. The largest absolute Gasteiger partial charge is 0.323 e. The van der Waals surface area contributed by atoms with Gasteiger partial charge >= 0.3 is 6.03 Å². The number of rotatable bonds is 4. The van der Waals surface area contributed by atoms with E-state index in [0.29, 0.717) is 6.54 Å². The zero-order chi connectivity index (χ0) is 16.4. The molecule has 0 fully saturated rings. The van der Waals surface area contributed by atoms with E-state index in [4.69, 9.17) is 0 Å². The van der Waals surface area contributed by atoms with E-state index in [2.05, 4.69) is 15.5 Å². The van der Waals surface area contributed by atoms with Gasteiger partial charge in [0.25, 0.3) is 0 Å². The number of benzene rings is 1. The molecular formula is C16H20N6O. The molecule has 0 saturated carbocycles. The fourth-order valence-corrected chi connectivity index (χ4v) is 2.50. The van der Waals surface area contributed by atoms with Gasteiger partial charge in [-0.3, -0.25) is 9.36 Å². The first kappa shape index (κ1) is 15.1. The normalized spacial score (nSPS) is 10.9. The predicted octanol–water partition coefficient (Wildman–Crippen LogP) is 2.45. The van der Waals surface area contributed by atoms with Crippen LogP contribution in [-0.2, 0) is 20.1 Å². The summed E-state index contributed by atoms with van der Waals surface area (Å²) in [7, 11) is 3.65. The highest BCUT2D eigenvalue weighted by atomic mass is 16.2. The Morgan fingerprint density at radius 2 is 2.13 bits per heavy atom. The van der Waals surface area contributed by atoms with Crippen molar-refractivity contribution in [2.24, 2.45) is 7.05 Å². The summed E-state index contributed by atoms with van der Waals surface area (Å²) in [5.74, 6) is 0. The third-order valence-corrected chi connectivity index (χ3v) is 3.81. The average Bonchev–Trinajstić information content (AvgIpc) is 3.15. The third kappa shape index (κ3) is 3.03. The lowest BCUT2D eigenvalue weighted by Gasteiger charge is -2.17. The molecule has 0 aliphatic rings. The average molecular weight is 312 g/mol. The van der Waals surface area contributed by atoms with Gasteiger partial charge in [-0.2, -0.15) is 10.2 Å². The van der Waals surface area contributed by atoms with Crippen LogP contribution in [0.15, 0.2) is 36.8 Å². The molecule has 3 rings (SSSR count). The van der Waals surface area contributed by atoms with Crippen LogP contribution in [-0.4, -0.2) is 37.5 Å². The summed E-state index contributed by atoms with van der Waals surface area (Å²) >= 11 is 0. The lowest BCUT2D eigenvalue weighted by atomic mass is 10.2. The molecule has 0 aliphatic heterocycles. The molecule has 3 aromatic rings. The lowest BCUT2D eigenvalue weighted by Crippen LogP contribution is -2.30. The maximum Gasteiger partial charge on any atom is 0.321 e. The van der Waals surface area contributed by atoms with E-state index in [-0.39, 0.29) is 6.03 Å². The van der Waals surface area contributed by atoms with Gasteiger partial charge in [0.15, 0.2) is 0 Å². The summed E-state index contributed by atoms with van der Waals surface area (Å²) in [4.78, 5) is 14.0. The SMILES string of the molecule is CCn1cc(CN(C)C(=O)Nc2cccc3c2cnn3C)cn1. The van der Waals surface area contributed by atoms with Crippen molar-refractivity contribution in [2.75, 3.05) is 12.4 Å². The number of carbonyl (C=O) groups excluding carboxylic acids is 1. The first-order valence-corrected chi connectivity index (χ1v) is 7.52. The molecule has 2 aromatic heterocycles. The smallest absolute Gasteiger partial charge is 0.321 e. The number of nitrogens with zero attached hydrogens (tertiary/aromatic N) is 5. The maximum absolute atomic E-state index is 12.4. The van der Waals surface area contributed by atoms with Crippen molar-refractivity contribution in [3.05, 3.63) is 42.4 Å². The van der Waals surface area contributed by atoms with Crippen LogP contribution in [0.5, 0.6) is 0 Å². The lowest BCUT2D eigenvalue weighted by molar-refractivity contribution is 0.220. The minimum atomic E-state index is -0.161. The zero-order valence-electron chi connectivity index (χ0n) is 13.5. The Balaban J connectivity index is 1.72. The van der Waals surface area contributed by atoms with Crippen LogP contribution in [0.1, 0.15) is 12.5 Å². The van der Waals surface area contributed by atoms with Gasteiger partial charge in [0.1, 0.15) is 0 Å². The fourth-order valence-electron chi connectivity index (χ4n) is 2.50. The molecule has 1 N–H and O–H groups in total. The second kappa shape index (κ2) is 6.12. The van der Waals surface area contributed by atoms with E-state index in [1.807, 2.05) is 43.0 Å². The van der Waals surface area contributed by atoms with Crippen molar-refractivity contribution in [3.63, 3.8) is 0 Å². The fraction of sp³-hybridized carbons (Fsp3) is 0.312. The molecule has 0 spiro atoms. The van der Waals surface area contributed by atoms with Gasteiger partial charge in [-0.1, -0.05) is 6.07 Å². The summed E-state index contributed by atoms with van der Waals surface area (Å²) in [6.45, 7) is 3.36. The molecule has 2 heterocycles. The van der Waals surface area contributed by atoms with Crippen molar-refractivity contribution in [2.45, 2.75) is 20.0 Å². The Labute approximate surface area is 134 Å². The highest BCUT2D eigenvalue weighted by molar-refractivity contribution is 6.00. The Morgan fingerprint density at radius 1 is 1.30 bits per heavy atom. The van der Waals surface area contributed by atoms with Crippen molar-refractivity contribution < 1.29 is 4.79 Å². The molecule has 0 radical (unpaired) electrons. The minimum absolute atomic E-state index is 0.161. The molecule has 120 valence electrons. The van der Waals surface area contributed by atoms with E-state index in [1.165, 1.54) is 0 Å². The van der Waals surface area contributed by atoms with Crippen molar-refractivity contribution in [1.29, 1.82) is 0 Å². The van der Waals surface area contributed by atoms with Crippen molar-refractivity contribution >= 4 is 22.6 Å². The molecule has 0 atom stereocenters. The number of nitrogens with one attached hydrogen (secondary N) is 1. The molecule has 1 aromatic carbocycles. The van der Waals surface area contributed by atoms with E-state index in [1.54, 1.807) is 29.0 Å². The first-order valence-electron chi connectivity index (χ1n) is 7.52. The summed E-state index contributed by atoms with van der Waals surface area (Å²) in [5, 5.41) is 12.3. The number of hydrogen-bond donors (Lipinski definition) is 1. The quantitative estimate of drug-likeness (QED) is 0.804. The third-order valence-electron chi connectivity index (χ3n) is 3.81. The summed E-state index contributed by atoms with van der Waals surface area (Å²) in [6, 6.07) is 5.60. The van der Waals surface area contributed by atoms with Crippen LogP contribution in [0, 0.1) is 0 Å². The first-order chi connectivity index (χ1) is 11.1. The molecule has 7 heteroatoms. The maximum atomic E-state index is 12.4. The van der Waals surface area contributed by atoms with Crippen molar-refractivity contribution in [3.8, 4) is 0 Å². The second-order valence-electron chi connectivity index (χ2n) is 5.50. The molecule has 23 heavy (non-hydrogen) atoms. The second-order valence-corrected chi connectivity index (χ2v) is 5.50. The zero-order valence-corrected chi connectivity index (χ0v) is 13.5. The number of aryl methyl sites for hydroxylation is 2. The van der Waals surface area contributed by atoms with E-state index in [0.717, 1.165) is 28.7 Å². The summed E-state index contributed by atoms with van der Waals surface area (Å²) in [6.07, 6.45) is 5.50. The molecule has 7 nitrogen and oxygen atoms in total. The molecule has 0 saturated heterocycles. The highest BCUT2D eigenvalue weighted by Gasteiger charge is 2.13. The summed E-state index contributed by atoms with van der Waals surface area (Å²) < 4.78 is 3.63. The van der Waals surface area contributed by atoms with Crippen LogP contribution < -0.4 is 5.32 Å². The number of carbonyl (C=O) groups is 1. The van der Waals surface area contributed by atoms with Crippen LogP contribution in [0.25, 0.3) is 10.9 Å². The van der Waals surface area contributed by atoms with Crippen LogP contribution in [0.2, 0.25) is 0 Å². The monoisotopic (exact) mass is 312 g/mol. The van der Waals surface area contributed by atoms with Gasteiger partial charge < -0.3 is 10.2 Å². The Kier molecular flexibility index (Phi) is 4.01. The number of anilines is 1. The van der Waals surface area contributed by atoms with Crippen LogP contribution in [0.4, 0.5) is 10.5 Å². The van der Waals surface area contributed by atoms with Gasteiger partial charge in [0.05, 0.1) is 30.1 Å². The number of fused-ring (bicyclic) bond motifs is 1. The number of amides is 2. The molecular weight excluding hydrogens is 292 g/mol. The molecule has 2 amide bonds. The van der Waals surface area contributed by atoms with Crippen LogP contribution >= 0.6 is 0 Å². The van der Waals surface area contributed by atoms with E-state index >= 15 is 0 Å². The molecule has 0 aliphatic carbocycles. The summed E-state index contributed by atoms with van der Waals surface area (Å²) in [5.41, 5.74) is 2.75. The van der Waals surface area contributed by atoms with Gasteiger partial charge in [0, 0.05) is 37.8 Å². The Morgan fingerprint density at radius 3 is 2.87 bits per heavy atom. The Bertz CT molecular complexity index is 834. The van der Waals surface area contributed by atoms with Gasteiger partial charge in [-0.15, -0.1) is 0 Å². The van der Waals surface area contributed by atoms with Gasteiger partial charge in [-0.05, 0) is 19.1 Å². The molecule has 0 unspecified atom stereocenters. The van der Waals surface area contributed by atoms with E-state index in [9.17, 15) is 4.79 Å². The standard InChI is InChI=1S/C16H20N6O/c1-4-22-11-12(8-18-22)10-20(2)16(23)19-14-6-5-7-15-13(14)9-17-21(15)3/h5-9,11H,4,10H2,1-3H3,(H,19,23). The van der Waals surface area contributed by atoms with Crippen LogP contribution in [0.3, 0.4) is 0 Å². The van der Waals surface area contributed by atoms with Gasteiger partial charge in [-0.25, -0.2) is 4.79 Å². The minimum Gasteiger partial charge on any atom is -0.323 e. The topological polar surface area (TPSA) is 68.0 Å². The molecule has 0 bridgehead atoms. The highest BCUT2D eigenvalue weighted by Crippen LogP contribution is 2.22. The number of hydrogen-bond acceptors (Lipinski definition) is 3. The Hall–Kier alpha value is -2.83. The van der Waals surface area contributed by atoms with Crippen molar-refractivity contribution in [1.82, 2.24) is 24.5 Å². The predicted molar refractivity (Wildman–Crippen MR) is 89.1 cm³/mol. The van der Waals surface area contributed by atoms with Gasteiger partial charge in [0.2, 0.25) is 0 Å². The number of urea groups is 1.